The summed E-state index contributed by atoms with van der Waals surface area (Å²) < 4.78 is 16.5. The number of hydrogen-bond donors (Lipinski definition) is 0. The van der Waals surface area contributed by atoms with Crippen molar-refractivity contribution in [1.29, 1.82) is 0 Å². The maximum atomic E-state index is 11.7. The summed E-state index contributed by atoms with van der Waals surface area (Å²) in [7, 11) is 0. The van der Waals surface area contributed by atoms with Crippen LogP contribution in [0, 0.1) is 17.8 Å². The van der Waals surface area contributed by atoms with Crippen LogP contribution < -0.4 is 4.74 Å². The Morgan fingerprint density at radius 3 is 2.10 bits per heavy atom. The molecule has 0 heterocycles. The van der Waals surface area contributed by atoms with Crippen molar-refractivity contribution in [2.75, 3.05) is 6.61 Å². The molecular weight excluding hydrogens is 376 g/mol. The van der Waals surface area contributed by atoms with Crippen LogP contribution in [-0.2, 0) is 14.3 Å². The van der Waals surface area contributed by atoms with Gasteiger partial charge >= 0.3 is 5.97 Å². The molecule has 4 aliphatic rings. The molecule has 1 unspecified atom stereocenters. The zero-order chi connectivity index (χ0) is 21.7. The van der Waals surface area contributed by atoms with Crippen LogP contribution in [0.1, 0.15) is 64.9 Å². The lowest BCUT2D eigenvalue weighted by Gasteiger charge is -2.55. The standard InChI is InChI=1S/C14H20O2.C12H16O2/c1-9(2)13(15)16-14-6-10-3-11(7-14)5-12(4-10)8-14;1-4-11-6-8-12(9-7-11)14-10(3)13-5-2/h10-12H,1,3-8H2,2H3;4,6-10H,1,5H2,2-3H3. The van der Waals surface area contributed by atoms with E-state index in [4.69, 9.17) is 14.2 Å². The molecule has 164 valence electrons. The van der Waals surface area contributed by atoms with E-state index in [9.17, 15) is 4.79 Å². The average Bonchev–Trinajstić information content (AvgIpc) is 2.68. The zero-order valence-corrected chi connectivity index (χ0v) is 18.7. The van der Waals surface area contributed by atoms with Crippen LogP contribution in [0.15, 0.2) is 43.0 Å². The van der Waals surface area contributed by atoms with Crippen molar-refractivity contribution in [3.63, 3.8) is 0 Å². The molecule has 0 amide bonds. The predicted molar refractivity (Wildman–Crippen MR) is 120 cm³/mol. The molecule has 0 radical (unpaired) electrons. The van der Waals surface area contributed by atoms with Crippen molar-refractivity contribution in [2.45, 2.75) is 71.2 Å². The van der Waals surface area contributed by atoms with E-state index in [1.54, 1.807) is 13.0 Å². The second kappa shape index (κ2) is 9.82. The van der Waals surface area contributed by atoms with Gasteiger partial charge in [-0.15, -0.1) is 0 Å². The molecule has 0 aliphatic heterocycles. The van der Waals surface area contributed by atoms with Gasteiger partial charge in [0.15, 0.2) is 6.29 Å². The highest BCUT2D eigenvalue weighted by molar-refractivity contribution is 5.87. The van der Waals surface area contributed by atoms with Crippen molar-refractivity contribution < 1.29 is 19.0 Å². The fraction of sp³-hybridized carbons (Fsp3) is 0.577. The van der Waals surface area contributed by atoms with Gasteiger partial charge in [0.2, 0.25) is 0 Å². The van der Waals surface area contributed by atoms with Crippen LogP contribution in [0.5, 0.6) is 5.75 Å². The van der Waals surface area contributed by atoms with E-state index >= 15 is 0 Å². The number of hydrogen-bond acceptors (Lipinski definition) is 4. The highest BCUT2D eigenvalue weighted by Crippen LogP contribution is 2.57. The molecule has 4 heteroatoms. The highest BCUT2D eigenvalue weighted by Gasteiger charge is 2.53. The first-order valence-corrected chi connectivity index (χ1v) is 11.2. The average molecular weight is 413 g/mol. The van der Waals surface area contributed by atoms with Gasteiger partial charge in [0.1, 0.15) is 11.4 Å². The molecule has 0 saturated heterocycles. The van der Waals surface area contributed by atoms with E-state index < -0.39 is 0 Å². The number of carbonyl (C=O) groups is 1. The third-order valence-electron chi connectivity index (χ3n) is 6.46. The lowest BCUT2D eigenvalue weighted by molar-refractivity contribution is -0.182. The van der Waals surface area contributed by atoms with Crippen molar-refractivity contribution in [2.24, 2.45) is 17.8 Å². The van der Waals surface area contributed by atoms with Crippen LogP contribution in [-0.4, -0.2) is 24.5 Å². The summed E-state index contributed by atoms with van der Waals surface area (Å²) in [6.07, 6.45) is 9.07. The van der Waals surface area contributed by atoms with Gasteiger partial charge in [0, 0.05) is 12.2 Å². The quantitative estimate of drug-likeness (QED) is 0.305. The monoisotopic (exact) mass is 412 g/mol. The molecule has 1 aromatic carbocycles. The van der Waals surface area contributed by atoms with E-state index in [2.05, 4.69) is 13.2 Å². The van der Waals surface area contributed by atoms with Gasteiger partial charge in [0.25, 0.3) is 0 Å². The van der Waals surface area contributed by atoms with Gasteiger partial charge in [-0.05, 0) is 94.7 Å². The van der Waals surface area contributed by atoms with Gasteiger partial charge in [-0.25, -0.2) is 4.79 Å². The lowest BCUT2D eigenvalue weighted by atomic mass is 9.54. The summed E-state index contributed by atoms with van der Waals surface area (Å²) in [5.41, 5.74) is 1.52. The maximum absolute atomic E-state index is 11.7. The number of benzene rings is 1. The highest BCUT2D eigenvalue weighted by atomic mass is 16.7. The Hall–Kier alpha value is -2.07. The van der Waals surface area contributed by atoms with E-state index in [0.717, 1.165) is 48.3 Å². The molecule has 30 heavy (non-hydrogen) atoms. The Bertz CT molecular complexity index is 714. The van der Waals surface area contributed by atoms with Crippen molar-refractivity contribution in [3.05, 3.63) is 48.6 Å². The SMILES string of the molecule is C=C(C)C(=O)OC12CC3CC(CC(C3)C1)C2.C=Cc1ccc(OC(C)OCC)cc1. The van der Waals surface area contributed by atoms with Gasteiger partial charge < -0.3 is 14.2 Å². The number of rotatable bonds is 7. The minimum atomic E-state index is -0.199. The number of carbonyl (C=O) groups excluding carboxylic acids is 1. The van der Waals surface area contributed by atoms with Gasteiger partial charge in [0.05, 0.1) is 0 Å². The number of esters is 1. The largest absolute Gasteiger partial charge is 0.465 e. The first-order chi connectivity index (χ1) is 14.3. The topological polar surface area (TPSA) is 44.8 Å². The van der Waals surface area contributed by atoms with E-state index in [1.165, 1.54) is 19.3 Å². The molecule has 0 N–H and O–H groups in total. The summed E-state index contributed by atoms with van der Waals surface area (Å²) in [5, 5.41) is 0. The molecule has 4 aliphatic carbocycles. The third-order valence-corrected chi connectivity index (χ3v) is 6.46. The van der Waals surface area contributed by atoms with Crippen LogP contribution in [0.25, 0.3) is 6.08 Å². The fourth-order valence-electron chi connectivity index (χ4n) is 5.58. The molecule has 4 saturated carbocycles. The molecular formula is C26H36O4. The summed E-state index contributed by atoms with van der Waals surface area (Å²) in [6, 6.07) is 7.74. The van der Waals surface area contributed by atoms with Gasteiger partial charge in [-0.1, -0.05) is 31.4 Å². The fourth-order valence-corrected chi connectivity index (χ4v) is 5.58. The summed E-state index contributed by atoms with van der Waals surface area (Å²) >= 11 is 0. The molecule has 4 fully saturated rings. The van der Waals surface area contributed by atoms with Gasteiger partial charge in [-0.2, -0.15) is 0 Å². The Morgan fingerprint density at radius 1 is 1.13 bits per heavy atom. The van der Waals surface area contributed by atoms with Crippen molar-refractivity contribution in [3.8, 4) is 5.75 Å². The first-order valence-electron chi connectivity index (χ1n) is 11.2. The maximum Gasteiger partial charge on any atom is 0.333 e. The molecule has 5 rings (SSSR count). The predicted octanol–water partition coefficient (Wildman–Crippen LogP) is 6.17. The minimum Gasteiger partial charge on any atom is -0.465 e. The van der Waals surface area contributed by atoms with Crippen LogP contribution >= 0.6 is 0 Å². The smallest absolute Gasteiger partial charge is 0.333 e. The van der Waals surface area contributed by atoms with Crippen LogP contribution in [0.4, 0.5) is 0 Å². The van der Waals surface area contributed by atoms with E-state index in [1.807, 2.05) is 38.1 Å². The van der Waals surface area contributed by atoms with E-state index in [-0.39, 0.29) is 17.9 Å². The zero-order valence-electron chi connectivity index (χ0n) is 18.7. The molecule has 1 aromatic rings. The molecule has 4 nitrogen and oxygen atoms in total. The summed E-state index contributed by atoms with van der Waals surface area (Å²) in [5.74, 6) is 3.11. The van der Waals surface area contributed by atoms with Crippen molar-refractivity contribution >= 4 is 12.0 Å². The molecule has 4 bridgehead atoms. The third kappa shape index (κ3) is 5.75. The second-order valence-electron chi connectivity index (χ2n) is 9.18. The van der Waals surface area contributed by atoms with E-state index in [0.29, 0.717) is 12.2 Å². The Balaban J connectivity index is 0.000000173. The van der Waals surface area contributed by atoms with Gasteiger partial charge in [-0.3, -0.25) is 0 Å². The molecule has 0 aromatic heterocycles. The minimum absolute atomic E-state index is 0.106. The number of ether oxygens (including phenoxy) is 3. The molecule has 1 atom stereocenters. The summed E-state index contributed by atoms with van der Waals surface area (Å²) in [4.78, 5) is 11.7. The first kappa shape index (κ1) is 22.6. The second-order valence-corrected chi connectivity index (χ2v) is 9.18. The Morgan fingerprint density at radius 2 is 1.67 bits per heavy atom. The Kier molecular flexibility index (Phi) is 7.41. The van der Waals surface area contributed by atoms with Crippen LogP contribution in [0.3, 0.4) is 0 Å². The lowest BCUT2D eigenvalue weighted by Crippen LogP contribution is -2.52. The summed E-state index contributed by atoms with van der Waals surface area (Å²) in [6.45, 7) is 13.6. The van der Waals surface area contributed by atoms with Crippen molar-refractivity contribution in [1.82, 2.24) is 0 Å². The molecule has 0 spiro atoms. The Labute approximate surface area is 181 Å². The normalized spacial score (nSPS) is 29.4. The van der Waals surface area contributed by atoms with Crippen LogP contribution in [0.2, 0.25) is 0 Å².